The Labute approximate surface area is 179 Å². The van der Waals surface area contributed by atoms with E-state index in [9.17, 15) is 4.79 Å². The Morgan fingerprint density at radius 2 is 1.90 bits per heavy atom. The number of carbonyl (C=O) groups excluding carboxylic acids is 1. The van der Waals surface area contributed by atoms with E-state index in [2.05, 4.69) is 15.5 Å². The third kappa shape index (κ3) is 4.42. The van der Waals surface area contributed by atoms with E-state index < -0.39 is 0 Å². The normalized spacial score (nSPS) is 10.7. The first-order chi connectivity index (χ1) is 15.1. The number of amides is 1. The molecule has 1 amide bonds. The Bertz CT molecular complexity index is 1190. The van der Waals surface area contributed by atoms with Gasteiger partial charge in [-0.25, -0.2) is 0 Å². The summed E-state index contributed by atoms with van der Waals surface area (Å²) in [6, 6.07) is 16.7. The number of ether oxygens (including phenoxy) is 2. The molecule has 0 bridgehead atoms. The number of aromatic nitrogens is 3. The largest absolute Gasteiger partial charge is 0.497 e. The third-order valence-electron chi connectivity index (χ3n) is 4.78. The molecular formula is C23H22N4O4. The summed E-state index contributed by atoms with van der Waals surface area (Å²) in [5.41, 5.74) is 3.19. The highest BCUT2D eigenvalue weighted by atomic mass is 16.5. The highest BCUT2D eigenvalue weighted by Crippen LogP contribution is 2.29. The summed E-state index contributed by atoms with van der Waals surface area (Å²) in [4.78, 5) is 17.2. The van der Waals surface area contributed by atoms with Crippen molar-refractivity contribution in [1.82, 2.24) is 14.7 Å². The number of rotatable bonds is 7. The summed E-state index contributed by atoms with van der Waals surface area (Å²) < 4.78 is 17.7. The van der Waals surface area contributed by atoms with Gasteiger partial charge in [0.1, 0.15) is 23.7 Å². The van der Waals surface area contributed by atoms with Gasteiger partial charge in [0, 0.05) is 17.8 Å². The Balaban J connectivity index is 1.52. The van der Waals surface area contributed by atoms with Gasteiger partial charge in [0.15, 0.2) is 0 Å². The highest BCUT2D eigenvalue weighted by molar-refractivity contribution is 5.92. The number of nitrogens with one attached hydrogen (secondary N) is 1. The number of nitrogens with zero attached hydrogens (tertiary/aromatic N) is 3. The first kappa shape index (κ1) is 20.2. The number of benzene rings is 2. The molecule has 0 spiro atoms. The van der Waals surface area contributed by atoms with E-state index in [1.54, 1.807) is 43.2 Å². The van der Waals surface area contributed by atoms with Crippen molar-refractivity contribution in [2.24, 2.45) is 0 Å². The second kappa shape index (κ2) is 8.74. The fourth-order valence-electron chi connectivity index (χ4n) is 3.15. The Morgan fingerprint density at radius 1 is 1.10 bits per heavy atom. The quantitative estimate of drug-likeness (QED) is 0.484. The van der Waals surface area contributed by atoms with Gasteiger partial charge >= 0.3 is 0 Å². The van der Waals surface area contributed by atoms with Crippen LogP contribution in [0.2, 0.25) is 0 Å². The van der Waals surface area contributed by atoms with Crippen LogP contribution in [0.4, 0.5) is 5.69 Å². The third-order valence-corrected chi connectivity index (χ3v) is 4.78. The van der Waals surface area contributed by atoms with E-state index >= 15 is 0 Å². The molecule has 2 heterocycles. The molecule has 2 aromatic carbocycles. The van der Waals surface area contributed by atoms with Gasteiger partial charge in [-0.2, -0.15) is 4.98 Å². The van der Waals surface area contributed by atoms with Crippen LogP contribution >= 0.6 is 0 Å². The SMILES string of the molecule is COc1ccc(OC)c(NC(=O)Cn2cccc2-c2nc(-c3ccc(C)cc3)no2)c1. The molecule has 0 atom stereocenters. The molecule has 0 aliphatic rings. The summed E-state index contributed by atoms with van der Waals surface area (Å²) in [5.74, 6) is 1.76. The van der Waals surface area contributed by atoms with Crippen LogP contribution in [-0.2, 0) is 11.3 Å². The minimum Gasteiger partial charge on any atom is -0.497 e. The lowest BCUT2D eigenvalue weighted by Crippen LogP contribution is -2.19. The predicted octanol–water partition coefficient (Wildman–Crippen LogP) is 4.17. The molecule has 0 aliphatic carbocycles. The van der Waals surface area contributed by atoms with Gasteiger partial charge < -0.3 is 23.9 Å². The Kier molecular flexibility index (Phi) is 5.70. The van der Waals surface area contributed by atoms with Crippen molar-refractivity contribution in [2.45, 2.75) is 13.5 Å². The van der Waals surface area contributed by atoms with E-state index in [0.29, 0.717) is 34.6 Å². The summed E-state index contributed by atoms with van der Waals surface area (Å²) in [6.45, 7) is 2.08. The fourth-order valence-corrected chi connectivity index (χ4v) is 3.15. The standard InChI is InChI=1S/C23H22N4O4/c1-15-6-8-16(9-7-15)22-25-23(31-26-22)19-5-4-12-27(19)14-21(28)24-18-13-17(29-2)10-11-20(18)30-3/h4-13H,14H2,1-3H3,(H,24,28). The molecule has 8 heteroatoms. The first-order valence-corrected chi connectivity index (χ1v) is 9.65. The zero-order valence-corrected chi connectivity index (χ0v) is 17.5. The average molecular weight is 418 g/mol. The van der Waals surface area contributed by atoms with Gasteiger partial charge in [0.2, 0.25) is 11.7 Å². The predicted molar refractivity (Wildman–Crippen MR) is 116 cm³/mol. The molecule has 0 fully saturated rings. The van der Waals surface area contributed by atoms with Crippen LogP contribution in [-0.4, -0.2) is 34.8 Å². The maximum absolute atomic E-state index is 12.7. The molecule has 4 rings (SSSR count). The molecule has 158 valence electrons. The van der Waals surface area contributed by atoms with E-state index in [4.69, 9.17) is 14.0 Å². The minimum atomic E-state index is -0.234. The number of methoxy groups -OCH3 is 2. The molecule has 0 unspecified atom stereocenters. The van der Waals surface area contributed by atoms with Crippen LogP contribution < -0.4 is 14.8 Å². The number of hydrogen-bond acceptors (Lipinski definition) is 6. The number of hydrogen-bond donors (Lipinski definition) is 1. The molecule has 8 nitrogen and oxygen atoms in total. The topological polar surface area (TPSA) is 91.4 Å². The van der Waals surface area contributed by atoms with Crippen LogP contribution in [0.1, 0.15) is 5.56 Å². The van der Waals surface area contributed by atoms with Gasteiger partial charge in [0.05, 0.1) is 19.9 Å². The van der Waals surface area contributed by atoms with Gasteiger partial charge in [-0.05, 0) is 31.2 Å². The van der Waals surface area contributed by atoms with Crippen molar-refractivity contribution in [2.75, 3.05) is 19.5 Å². The van der Waals surface area contributed by atoms with E-state index in [0.717, 1.165) is 11.1 Å². The minimum absolute atomic E-state index is 0.0605. The van der Waals surface area contributed by atoms with Crippen molar-refractivity contribution < 1.29 is 18.8 Å². The maximum atomic E-state index is 12.7. The van der Waals surface area contributed by atoms with Crippen LogP contribution in [0.3, 0.4) is 0 Å². The van der Waals surface area contributed by atoms with Crippen molar-refractivity contribution in [3.05, 3.63) is 66.4 Å². The highest BCUT2D eigenvalue weighted by Gasteiger charge is 2.16. The van der Waals surface area contributed by atoms with Gasteiger partial charge in [-0.1, -0.05) is 35.0 Å². The summed E-state index contributed by atoms with van der Waals surface area (Å²) in [7, 11) is 3.11. The zero-order valence-electron chi connectivity index (χ0n) is 17.5. The molecule has 0 saturated carbocycles. The second-order valence-electron chi connectivity index (χ2n) is 6.92. The van der Waals surface area contributed by atoms with E-state index in [1.165, 1.54) is 0 Å². The van der Waals surface area contributed by atoms with Gasteiger partial charge in [0.25, 0.3) is 5.89 Å². The molecule has 0 saturated heterocycles. The van der Waals surface area contributed by atoms with Crippen molar-refractivity contribution in [3.8, 4) is 34.5 Å². The molecule has 4 aromatic rings. The molecule has 2 aromatic heterocycles. The monoisotopic (exact) mass is 418 g/mol. The first-order valence-electron chi connectivity index (χ1n) is 9.65. The van der Waals surface area contributed by atoms with Crippen molar-refractivity contribution in [3.63, 3.8) is 0 Å². The summed E-state index contributed by atoms with van der Waals surface area (Å²) in [5, 5.41) is 6.93. The van der Waals surface area contributed by atoms with Crippen LogP contribution in [0.5, 0.6) is 11.5 Å². The van der Waals surface area contributed by atoms with Gasteiger partial charge in [-0.15, -0.1) is 0 Å². The molecular weight excluding hydrogens is 396 g/mol. The van der Waals surface area contributed by atoms with E-state index in [-0.39, 0.29) is 12.5 Å². The summed E-state index contributed by atoms with van der Waals surface area (Å²) >= 11 is 0. The Hall–Kier alpha value is -4.07. The van der Waals surface area contributed by atoms with Crippen molar-refractivity contribution >= 4 is 11.6 Å². The maximum Gasteiger partial charge on any atom is 0.274 e. The lowest BCUT2D eigenvalue weighted by atomic mass is 10.1. The lowest BCUT2D eigenvalue weighted by molar-refractivity contribution is -0.116. The Morgan fingerprint density at radius 3 is 2.65 bits per heavy atom. The molecule has 0 radical (unpaired) electrons. The van der Waals surface area contributed by atoms with E-state index in [1.807, 2.05) is 43.3 Å². The zero-order chi connectivity index (χ0) is 21.8. The number of anilines is 1. The van der Waals surface area contributed by atoms with Crippen LogP contribution in [0, 0.1) is 6.92 Å². The lowest BCUT2D eigenvalue weighted by Gasteiger charge is -2.12. The average Bonchev–Trinajstić information content (AvgIpc) is 3.43. The molecule has 31 heavy (non-hydrogen) atoms. The number of carbonyl (C=O) groups is 1. The van der Waals surface area contributed by atoms with Gasteiger partial charge in [-0.3, -0.25) is 4.79 Å². The number of aryl methyl sites for hydroxylation is 1. The van der Waals surface area contributed by atoms with Crippen LogP contribution in [0.25, 0.3) is 23.0 Å². The fraction of sp³-hybridized carbons (Fsp3) is 0.174. The smallest absolute Gasteiger partial charge is 0.274 e. The molecule has 0 aliphatic heterocycles. The summed E-state index contributed by atoms with van der Waals surface area (Å²) in [6.07, 6.45) is 1.79. The molecule has 1 N–H and O–H groups in total. The van der Waals surface area contributed by atoms with Crippen molar-refractivity contribution in [1.29, 1.82) is 0 Å². The second-order valence-corrected chi connectivity index (χ2v) is 6.92. The van der Waals surface area contributed by atoms with Crippen LogP contribution in [0.15, 0.2) is 65.3 Å².